The van der Waals surface area contributed by atoms with Gasteiger partial charge in [0.25, 0.3) is 0 Å². The second-order valence-corrected chi connectivity index (χ2v) is 4.93. The predicted octanol–water partition coefficient (Wildman–Crippen LogP) is 3.46. The van der Waals surface area contributed by atoms with Crippen LogP contribution in [-0.4, -0.2) is 4.98 Å². The lowest BCUT2D eigenvalue weighted by Gasteiger charge is -2.07. The molecule has 0 fully saturated rings. The number of nitrogens with two attached hydrogens (primary N) is 1. The molecule has 0 aliphatic heterocycles. The van der Waals surface area contributed by atoms with Crippen LogP contribution in [0.4, 0.5) is 10.2 Å². The Hall–Kier alpha value is -1.42. The van der Waals surface area contributed by atoms with Gasteiger partial charge in [-0.15, -0.1) is 0 Å². The molecule has 0 aliphatic carbocycles. The Morgan fingerprint density at radius 2 is 2.06 bits per heavy atom. The lowest BCUT2D eigenvalue weighted by atomic mass is 10.0. The van der Waals surface area contributed by atoms with E-state index in [0.717, 1.165) is 21.2 Å². The third kappa shape index (κ3) is 3.03. The van der Waals surface area contributed by atoms with Gasteiger partial charge in [0.05, 0.1) is 0 Å². The molecule has 0 bridgehead atoms. The highest BCUT2D eigenvalue weighted by molar-refractivity contribution is 9.10. The van der Waals surface area contributed by atoms with Crippen molar-refractivity contribution in [1.82, 2.24) is 4.98 Å². The van der Waals surface area contributed by atoms with Crippen molar-refractivity contribution in [3.8, 4) is 0 Å². The third-order valence-electron chi connectivity index (χ3n) is 2.46. The molecule has 0 amide bonds. The smallest absolute Gasteiger partial charge is 0.126 e. The largest absolute Gasteiger partial charge is 0.383 e. The fourth-order valence-corrected chi connectivity index (χ4v) is 2.23. The van der Waals surface area contributed by atoms with E-state index in [1.165, 1.54) is 12.1 Å². The summed E-state index contributed by atoms with van der Waals surface area (Å²) in [6, 6.07) is 6.79. The number of pyridine rings is 1. The van der Waals surface area contributed by atoms with Crippen molar-refractivity contribution in [2.75, 3.05) is 5.73 Å². The van der Waals surface area contributed by atoms with Crippen molar-refractivity contribution in [3.05, 3.63) is 57.4 Å². The molecular formula is C13H12BrFN2. The summed E-state index contributed by atoms with van der Waals surface area (Å²) in [5.41, 5.74) is 8.63. The van der Waals surface area contributed by atoms with E-state index in [-0.39, 0.29) is 5.82 Å². The van der Waals surface area contributed by atoms with Gasteiger partial charge in [0, 0.05) is 17.1 Å². The predicted molar refractivity (Wildman–Crippen MR) is 70.3 cm³/mol. The molecule has 0 unspecified atom stereocenters. The zero-order valence-electron chi connectivity index (χ0n) is 9.37. The molecule has 2 rings (SSSR count). The van der Waals surface area contributed by atoms with Gasteiger partial charge in [0.2, 0.25) is 0 Å². The number of benzene rings is 1. The number of aryl methyl sites for hydroxylation is 1. The molecule has 1 heterocycles. The van der Waals surface area contributed by atoms with Crippen LogP contribution >= 0.6 is 15.9 Å². The van der Waals surface area contributed by atoms with E-state index in [1.54, 1.807) is 6.20 Å². The normalized spacial score (nSPS) is 10.5. The van der Waals surface area contributed by atoms with Crippen molar-refractivity contribution >= 4 is 21.7 Å². The summed E-state index contributed by atoms with van der Waals surface area (Å²) in [6.07, 6.45) is 2.30. The van der Waals surface area contributed by atoms with Crippen LogP contribution in [0.2, 0.25) is 0 Å². The highest BCUT2D eigenvalue weighted by atomic mass is 79.9. The fourth-order valence-electron chi connectivity index (χ4n) is 1.71. The minimum absolute atomic E-state index is 0.256. The summed E-state index contributed by atoms with van der Waals surface area (Å²) in [5, 5.41) is 0. The summed E-state index contributed by atoms with van der Waals surface area (Å²) >= 11 is 3.27. The number of halogens is 2. The summed E-state index contributed by atoms with van der Waals surface area (Å²) in [6.45, 7) is 1.96. The Morgan fingerprint density at radius 3 is 2.76 bits per heavy atom. The Kier molecular flexibility index (Phi) is 3.43. The van der Waals surface area contributed by atoms with Gasteiger partial charge < -0.3 is 5.73 Å². The molecule has 2 N–H and O–H groups in total. The highest BCUT2D eigenvalue weighted by Crippen LogP contribution is 2.20. The average molecular weight is 295 g/mol. The molecule has 1 aromatic carbocycles. The maximum atomic E-state index is 13.2. The summed E-state index contributed by atoms with van der Waals surface area (Å²) < 4.78 is 14.0. The first kappa shape index (κ1) is 12.0. The van der Waals surface area contributed by atoms with Gasteiger partial charge in [-0.3, -0.25) is 0 Å². The van der Waals surface area contributed by atoms with Crippen molar-refractivity contribution in [2.45, 2.75) is 13.3 Å². The van der Waals surface area contributed by atoms with Crippen LogP contribution < -0.4 is 5.73 Å². The molecule has 0 saturated carbocycles. The quantitative estimate of drug-likeness (QED) is 0.921. The first-order chi connectivity index (χ1) is 8.04. The molecule has 88 valence electrons. The van der Waals surface area contributed by atoms with Gasteiger partial charge >= 0.3 is 0 Å². The Balaban J connectivity index is 2.34. The number of hydrogen-bond acceptors (Lipinski definition) is 2. The van der Waals surface area contributed by atoms with Crippen molar-refractivity contribution in [2.24, 2.45) is 0 Å². The maximum absolute atomic E-state index is 13.2. The standard InChI is InChI=1S/C13H12BrFN2/c1-8-2-10(13(16)17-7-8)3-9-4-11(14)6-12(15)5-9/h2,4-7H,3H2,1H3,(H2,16,17). The maximum Gasteiger partial charge on any atom is 0.126 e. The lowest BCUT2D eigenvalue weighted by molar-refractivity contribution is 0.625. The molecule has 0 aliphatic rings. The summed E-state index contributed by atoms with van der Waals surface area (Å²) in [4.78, 5) is 4.09. The molecule has 4 heteroatoms. The van der Waals surface area contributed by atoms with Gasteiger partial charge in [-0.1, -0.05) is 22.0 Å². The Bertz CT molecular complexity index is 535. The van der Waals surface area contributed by atoms with Crippen LogP contribution in [0.5, 0.6) is 0 Å². The van der Waals surface area contributed by atoms with Crippen molar-refractivity contribution in [1.29, 1.82) is 0 Å². The zero-order chi connectivity index (χ0) is 12.4. The molecule has 0 saturated heterocycles. The first-order valence-electron chi connectivity index (χ1n) is 5.20. The van der Waals surface area contributed by atoms with E-state index in [1.807, 2.05) is 19.1 Å². The van der Waals surface area contributed by atoms with Crippen LogP contribution in [0.3, 0.4) is 0 Å². The van der Waals surface area contributed by atoms with E-state index in [9.17, 15) is 4.39 Å². The Labute approximate surface area is 108 Å². The highest BCUT2D eigenvalue weighted by Gasteiger charge is 2.05. The molecule has 2 nitrogen and oxygen atoms in total. The number of nitrogens with zero attached hydrogens (tertiary/aromatic N) is 1. The molecule has 2 aromatic rings. The van der Waals surface area contributed by atoms with Gasteiger partial charge in [0.15, 0.2) is 0 Å². The molecule has 0 radical (unpaired) electrons. The zero-order valence-corrected chi connectivity index (χ0v) is 11.0. The number of rotatable bonds is 2. The van der Waals surface area contributed by atoms with Crippen LogP contribution in [0.15, 0.2) is 34.9 Å². The molecule has 0 spiro atoms. The van der Waals surface area contributed by atoms with Gasteiger partial charge in [-0.2, -0.15) is 0 Å². The van der Waals surface area contributed by atoms with E-state index >= 15 is 0 Å². The summed E-state index contributed by atoms with van der Waals surface area (Å²) in [7, 11) is 0. The number of aromatic nitrogens is 1. The van der Waals surface area contributed by atoms with E-state index < -0.39 is 0 Å². The molecule has 0 atom stereocenters. The fraction of sp³-hybridized carbons (Fsp3) is 0.154. The van der Waals surface area contributed by atoms with E-state index in [0.29, 0.717) is 12.2 Å². The van der Waals surface area contributed by atoms with Crippen LogP contribution in [0.1, 0.15) is 16.7 Å². The van der Waals surface area contributed by atoms with Gasteiger partial charge in [0.1, 0.15) is 11.6 Å². The number of hydrogen-bond donors (Lipinski definition) is 1. The monoisotopic (exact) mass is 294 g/mol. The minimum Gasteiger partial charge on any atom is -0.383 e. The second kappa shape index (κ2) is 4.84. The minimum atomic E-state index is -0.256. The van der Waals surface area contributed by atoms with Gasteiger partial charge in [-0.05, 0) is 41.8 Å². The number of anilines is 1. The van der Waals surface area contributed by atoms with Crippen molar-refractivity contribution in [3.63, 3.8) is 0 Å². The molecule has 17 heavy (non-hydrogen) atoms. The average Bonchev–Trinajstić information content (AvgIpc) is 2.22. The number of nitrogen functional groups attached to an aromatic ring is 1. The van der Waals surface area contributed by atoms with Crippen LogP contribution in [0, 0.1) is 12.7 Å². The topological polar surface area (TPSA) is 38.9 Å². The van der Waals surface area contributed by atoms with E-state index in [4.69, 9.17) is 5.73 Å². The lowest BCUT2D eigenvalue weighted by Crippen LogP contribution is -1.99. The second-order valence-electron chi connectivity index (χ2n) is 4.01. The molecule has 1 aromatic heterocycles. The van der Waals surface area contributed by atoms with Gasteiger partial charge in [-0.25, -0.2) is 9.37 Å². The molecular weight excluding hydrogens is 283 g/mol. The van der Waals surface area contributed by atoms with Crippen molar-refractivity contribution < 1.29 is 4.39 Å². The third-order valence-corrected chi connectivity index (χ3v) is 2.91. The first-order valence-corrected chi connectivity index (χ1v) is 6.00. The van der Waals surface area contributed by atoms with Crippen LogP contribution in [0.25, 0.3) is 0 Å². The summed E-state index contributed by atoms with van der Waals surface area (Å²) in [5.74, 6) is 0.240. The van der Waals surface area contributed by atoms with Crippen LogP contribution in [-0.2, 0) is 6.42 Å². The SMILES string of the molecule is Cc1cnc(N)c(Cc2cc(F)cc(Br)c2)c1. The van der Waals surface area contributed by atoms with E-state index in [2.05, 4.69) is 20.9 Å². The Morgan fingerprint density at radius 1 is 1.29 bits per heavy atom.